The number of carbonyl (C=O) groups is 1. The summed E-state index contributed by atoms with van der Waals surface area (Å²) in [6, 6.07) is 17.2. The van der Waals surface area contributed by atoms with Crippen LogP contribution in [-0.4, -0.2) is 25.8 Å². The van der Waals surface area contributed by atoms with Crippen LogP contribution in [0.4, 0.5) is 5.69 Å². The van der Waals surface area contributed by atoms with Gasteiger partial charge in [-0.25, -0.2) is 5.06 Å². The van der Waals surface area contributed by atoms with E-state index in [0.717, 1.165) is 17.0 Å². The molecule has 2 aromatic carbocycles. The monoisotopic (exact) mass is 341 g/mol. The van der Waals surface area contributed by atoms with Crippen molar-refractivity contribution in [3.05, 3.63) is 60.2 Å². The number of hydroxylamine groups is 1. The highest BCUT2D eigenvalue weighted by Gasteiger charge is 2.42. The molecule has 0 aliphatic carbocycles. The van der Waals surface area contributed by atoms with Gasteiger partial charge >= 0.3 is 5.97 Å². The van der Waals surface area contributed by atoms with Crippen LogP contribution in [0, 0.1) is 5.92 Å². The maximum atomic E-state index is 12.6. The molecule has 1 aliphatic heterocycles. The lowest BCUT2D eigenvalue weighted by Crippen LogP contribution is -2.30. The molecule has 0 aromatic heterocycles. The molecular formula is C20H23NO4. The lowest BCUT2D eigenvalue weighted by atomic mass is 9.93. The smallest absolute Gasteiger partial charge is 0.314 e. The average molecular weight is 341 g/mol. The molecule has 132 valence electrons. The van der Waals surface area contributed by atoms with Gasteiger partial charge in [0.2, 0.25) is 0 Å². The lowest BCUT2D eigenvalue weighted by Gasteiger charge is -2.27. The van der Waals surface area contributed by atoms with Crippen molar-refractivity contribution in [1.29, 1.82) is 0 Å². The van der Waals surface area contributed by atoms with Crippen LogP contribution in [0.1, 0.15) is 25.5 Å². The second kappa shape index (κ2) is 7.57. The molecular weight excluding hydrogens is 318 g/mol. The predicted molar refractivity (Wildman–Crippen MR) is 95.3 cm³/mol. The van der Waals surface area contributed by atoms with E-state index in [1.54, 1.807) is 12.2 Å². The number of esters is 1. The first kappa shape index (κ1) is 17.3. The van der Waals surface area contributed by atoms with Gasteiger partial charge in [-0.1, -0.05) is 30.3 Å². The number of ether oxygens (including phenoxy) is 2. The topological polar surface area (TPSA) is 48.0 Å². The maximum Gasteiger partial charge on any atom is 0.314 e. The summed E-state index contributed by atoms with van der Waals surface area (Å²) < 4.78 is 10.7. The van der Waals surface area contributed by atoms with Crippen LogP contribution in [0.5, 0.6) is 5.75 Å². The van der Waals surface area contributed by atoms with E-state index in [4.69, 9.17) is 14.3 Å². The van der Waals surface area contributed by atoms with Gasteiger partial charge in [-0.3, -0.25) is 9.63 Å². The summed E-state index contributed by atoms with van der Waals surface area (Å²) in [6.07, 6.45) is -0.158. The summed E-state index contributed by atoms with van der Waals surface area (Å²) in [6.45, 7) is 3.99. The molecule has 1 fully saturated rings. The van der Waals surface area contributed by atoms with Gasteiger partial charge in [0, 0.05) is 0 Å². The minimum Gasteiger partial charge on any atom is -0.497 e. The Kier molecular flexibility index (Phi) is 5.24. The molecule has 2 atom stereocenters. The zero-order valence-electron chi connectivity index (χ0n) is 14.7. The highest BCUT2D eigenvalue weighted by atomic mass is 16.7. The Morgan fingerprint density at radius 2 is 1.80 bits per heavy atom. The summed E-state index contributed by atoms with van der Waals surface area (Å²) in [5.74, 6) is 0.139. The molecule has 1 aliphatic rings. The van der Waals surface area contributed by atoms with E-state index in [0.29, 0.717) is 0 Å². The minimum absolute atomic E-state index is 0.158. The van der Waals surface area contributed by atoms with Crippen LogP contribution in [0.3, 0.4) is 0 Å². The predicted octanol–water partition coefficient (Wildman–Crippen LogP) is 3.76. The number of carbonyl (C=O) groups excluding carboxylic acids is 1. The summed E-state index contributed by atoms with van der Waals surface area (Å²) >= 11 is 0. The Labute approximate surface area is 148 Å². The van der Waals surface area contributed by atoms with Crippen molar-refractivity contribution < 1.29 is 19.1 Å². The van der Waals surface area contributed by atoms with E-state index in [-0.39, 0.29) is 24.7 Å². The van der Waals surface area contributed by atoms with E-state index >= 15 is 0 Å². The van der Waals surface area contributed by atoms with Crippen LogP contribution in [0.2, 0.25) is 0 Å². The van der Waals surface area contributed by atoms with E-state index in [9.17, 15) is 4.79 Å². The van der Waals surface area contributed by atoms with Gasteiger partial charge in [0.25, 0.3) is 0 Å². The largest absolute Gasteiger partial charge is 0.497 e. The van der Waals surface area contributed by atoms with Crippen LogP contribution in [0.15, 0.2) is 54.6 Å². The van der Waals surface area contributed by atoms with E-state index in [2.05, 4.69) is 0 Å². The lowest BCUT2D eigenvalue weighted by molar-refractivity contribution is -0.152. The van der Waals surface area contributed by atoms with Crippen molar-refractivity contribution in [2.24, 2.45) is 5.92 Å². The molecule has 3 rings (SSSR count). The second-order valence-corrected chi connectivity index (χ2v) is 6.27. The molecule has 2 unspecified atom stereocenters. The van der Waals surface area contributed by atoms with Gasteiger partial charge in [0.05, 0.1) is 31.5 Å². The zero-order valence-corrected chi connectivity index (χ0v) is 14.7. The van der Waals surface area contributed by atoms with Gasteiger partial charge in [0.1, 0.15) is 11.7 Å². The van der Waals surface area contributed by atoms with E-state index in [1.165, 1.54) is 0 Å². The number of rotatable bonds is 5. The number of benzene rings is 2. The number of hydrogen-bond acceptors (Lipinski definition) is 5. The van der Waals surface area contributed by atoms with Crippen molar-refractivity contribution in [1.82, 2.24) is 0 Å². The molecule has 2 aromatic rings. The summed E-state index contributed by atoms with van der Waals surface area (Å²) in [7, 11) is 1.63. The van der Waals surface area contributed by atoms with Gasteiger partial charge in [0.15, 0.2) is 0 Å². The molecule has 0 radical (unpaired) electrons. The highest BCUT2D eigenvalue weighted by Crippen LogP contribution is 2.40. The Bertz CT molecular complexity index is 699. The number of anilines is 1. The van der Waals surface area contributed by atoms with Gasteiger partial charge in [-0.2, -0.15) is 0 Å². The highest BCUT2D eigenvalue weighted by molar-refractivity contribution is 5.75. The molecule has 1 saturated heterocycles. The maximum absolute atomic E-state index is 12.6. The Morgan fingerprint density at radius 3 is 2.40 bits per heavy atom. The number of nitrogens with zero attached hydrogens (tertiary/aromatic N) is 1. The Balaban J connectivity index is 1.94. The van der Waals surface area contributed by atoms with Gasteiger partial charge in [-0.05, 0) is 43.7 Å². The fourth-order valence-electron chi connectivity index (χ4n) is 2.99. The standard InChI is InChI=1S/C20H23NO4/c1-14(2)25-20(22)18-13-24-21(16-7-5-4-6-8-16)19(18)15-9-11-17(23-3)12-10-15/h4-12,14,18-19H,13H2,1-3H3. The van der Waals surface area contributed by atoms with Crippen LogP contribution >= 0.6 is 0 Å². The number of methoxy groups -OCH3 is 1. The quantitative estimate of drug-likeness (QED) is 0.775. The normalized spacial score (nSPS) is 19.9. The molecule has 5 heteroatoms. The van der Waals surface area contributed by atoms with Gasteiger partial charge < -0.3 is 9.47 Å². The first-order valence-corrected chi connectivity index (χ1v) is 8.42. The number of para-hydroxylation sites is 1. The molecule has 25 heavy (non-hydrogen) atoms. The van der Waals surface area contributed by atoms with Crippen molar-refractivity contribution in [3.8, 4) is 5.75 Å². The first-order valence-electron chi connectivity index (χ1n) is 8.42. The van der Waals surface area contributed by atoms with Crippen LogP contribution in [-0.2, 0) is 14.4 Å². The van der Waals surface area contributed by atoms with Crippen molar-refractivity contribution in [3.63, 3.8) is 0 Å². The third kappa shape index (κ3) is 3.77. The third-order valence-electron chi connectivity index (χ3n) is 4.15. The molecule has 5 nitrogen and oxygen atoms in total. The van der Waals surface area contributed by atoms with Crippen LogP contribution in [0.25, 0.3) is 0 Å². The summed E-state index contributed by atoms with van der Waals surface area (Å²) in [5.41, 5.74) is 1.89. The molecule has 0 saturated carbocycles. The van der Waals surface area contributed by atoms with Crippen molar-refractivity contribution >= 4 is 11.7 Å². The summed E-state index contributed by atoms with van der Waals surface area (Å²) in [5, 5.41) is 1.80. The first-order chi connectivity index (χ1) is 12.1. The zero-order chi connectivity index (χ0) is 17.8. The third-order valence-corrected chi connectivity index (χ3v) is 4.15. The minimum atomic E-state index is -0.393. The molecule has 0 amide bonds. The molecule has 1 heterocycles. The van der Waals surface area contributed by atoms with Crippen molar-refractivity contribution in [2.75, 3.05) is 18.8 Å². The average Bonchev–Trinajstić information content (AvgIpc) is 3.07. The summed E-state index contributed by atoms with van der Waals surface area (Å²) in [4.78, 5) is 18.5. The van der Waals surface area contributed by atoms with Crippen molar-refractivity contribution in [2.45, 2.75) is 26.0 Å². The Hall–Kier alpha value is -2.53. The number of hydrogen-bond donors (Lipinski definition) is 0. The fraction of sp³-hybridized carbons (Fsp3) is 0.350. The fourth-order valence-corrected chi connectivity index (χ4v) is 2.99. The second-order valence-electron chi connectivity index (χ2n) is 6.27. The van der Waals surface area contributed by atoms with E-state index in [1.807, 2.05) is 68.4 Å². The van der Waals surface area contributed by atoms with Crippen LogP contribution < -0.4 is 9.80 Å². The molecule has 0 N–H and O–H groups in total. The molecule has 0 bridgehead atoms. The Morgan fingerprint density at radius 1 is 1.12 bits per heavy atom. The van der Waals surface area contributed by atoms with E-state index < -0.39 is 5.92 Å². The molecule has 0 spiro atoms. The van der Waals surface area contributed by atoms with Gasteiger partial charge in [-0.15, -0.1) is 0 Å². The SMILES string of the molecule is COc1ccc(C2C(C(=O)OC(C)C)CON2c2ccccc2)cc1.